The van der Waals surface area contributed by atoms with Crippen LogP contribution in [0, 0.1) is 11.8 Å². The van der Waals surface area contributed by atoms with E-state index in [1.54, 1.807) is 11.0 Å². The van der Waals surface area contributed by atoms with Gasteiger partial charge in [0.1, 0.15) is 11.6 Å². The summed E-state index contributed by atoms with van der Waals surface area (Å²) in [4.78, 5) is 45.4. The topological polar surface area (TPSA) is 96.4 Å². The maximum atomic E-state index is 14.4. The number of halogens is 1. The number of fused-ring (bicyclic) bond motifs is 1. The number of rotatable bonds is 16. The second-order valence-corrected chi connectivity index (χ2v) is 12.5. The van der Waals surface area contributed by atoms with E-state index in [-0.39, 0.29) is 29.9 Å². The van der Waals surface area contributed by atoms with Gasteiger partial charge in [-0.25, -0.2) is 0 Å². The van der Waals surface area contributed by atoms with Crippen molar-refractivity contribution in [2.45, 2.75) is 80.5 Å². The highest BCUT2D eigenvalue weighted by atomic mass is 79.9. The number of ether oxygens (including phenoxy) is 2. The smallest absolute Gasteiger partial charge is 0.312 e. The predicted molar refractivity (Wildman–Crippen MR) is 160 cm³/mol. The first-order valence-corrected chi connectivity index (χ1v) is 15.7. The highest BCUT2D eigenvalue weighted by molar-refractivity contribution is 9.09. The minimum Gasteiger partial charge on any atom is -0.465 e. The van der Waals surface area contributed by atoms with Crippen molar-refractivity contribution in [3.63, 3.8) is 0 Å². The van der Waals surface area contributed by atoms with Gasteiger partial charge in [0.15, 0.2) is 0 Å². The van der Waals surface area contributed by atoms with E-state index in [9.17, 15) is 19.5 Å². The van der Waals surface area contributed by atoms with E-state index in [0.717, 1.165) is 31.2 Å². The Morgan fingerprint density at radius 1 is 1.24 bits per heavy atom. The van der Waals surface area contributed by atoms with Crippen LogP contribution in [-0.4, -0.2) is 87.6 Å². The zero-order chi connectivity index (χ0) is 29.6. The number of hydrogen-bond acceptors (Lipinski definition) is 6. The molecule has 3 fully saturated rings. The van der Waals surface area contributed by atoms with Gasteiger partial charge in [0.05, 0.1) is 37.2 Å². The minimum absolute atomic E-state index is 0.217. The van der Waals surface area contributed by atoms with Gasteiger partial charge in [-0.2, -0.15) is 0 Å². The molecule has 1 aromatic rings. The summed E-state index contributed by atoms with van der Waals surface area (Å²) >= 11 is 3.71. The summed E-state index contributed by atoms with van der Waals surface area (Å²) in [7, 11) is 0. The maximum Gasteiger partial charge on any atom is 0.312 e. The molecule has 0 aliphatic carbocycles. The van der Waals surface area contributed by atoms with Crippen molar-refractivity contribution in [3.8, 4) is 0 Å². The highest BCUT2D eigenvalue weighted by Crippen LogP contribution is 2.60. The van der Waals surface area contributed by atoms with Gasteiger partial charge in [0, 0.05) is 17.9 Å². The molecule has 2 amide bonds. The number of allylic oxidation sites excluding steroid dienone is 1. The lowest BCUT2D eigenvalue weighted by Gasteiger charge is -2.39. The van der Waals surface area contributed by atoms with Crippen molar-refractivity contribution in [3.05, 3.63) is 61.2 Å². The lowest BCUT2D eigenvalue weighted by Crippen LogP contribution is -2.59. The van der Waals surface area contributed by atoms with Crippen LogP contribution < -0.4 is 0 Å². The molecule has 3 heterocycles. The SMILES string of the molecule is C=CCCCCOC(=O)[C@H]1[C@@H]2OC3(CC2Br)C(C(=O)N(CC=C)CCCC)N([C@@H](CO)Cc2ccccc2)C(=O)[C@H]13. The number of nitrogens with zero attached hydrogens (tertiary/aromatic N) is 2. The van der Waals surface area contributed by atoms with Gasteiger partial charge in [-0.3, -0.25) is 14.4 Å². The van der Waals surface area contributed by atoms with Crippen LogP contribution in [0.25, 0.3) is 0 Å². The standard InChI is InChI=1S/C32H43BrN2O6/c1-4-7-9-13-18-40-31(39)25-26-29(37)35(23(21-36)19-22-14-11-10-12-15-22)28(32(26)20-24(33)27(25)41-32)30(38)34(16-6-3)17-8-5-2/h4,6,10-12,14-15,23-28,36H,1,3,5,7-9,13,16-21H2,2H3/t23-,24?,25-,26+,27-,28?,32?/m1/s1. The normalized spacial score (nSPS) is 28.8. The Morgan fingerprint density at radius 2 is 2.00 bits per heavy atom. The molecular formula is C32H43BrN2O6. The van der Waals surface area contributed by atoms with E-state index in [4.69, 9.17) is 9.47 Å². The molecule has 3 unspecified atom stereocenters. The largest absolute Gasteiger partial charge is 0.465 e. The molecule has 3 aliphatic rings. The number of likely N-dealkylation sites (tertiary alicyclic amines) is 1. The van der Waals surface area contributed by atoms with Crippen LogP contribution in [0.3, 0.4) is 0 Å². The number of alkyl halides is 1. The van der Waals surface area contributed by atoms with Gasteiger partial charge in [-0.05, 0) is 44.1 Å². The average molecular weight is 632 g/mol. The monoisotopic (exact) mass is 630 g/mol. The van der Waals surface area contributed by atoms with Gasteiger partial charge in [-0.15, -0.1) is 13.2 Å². The second kappa shape index (κ2) is 14.1. The lowest BCUT2D eigenvalue weighted by molar-refractivity contribution is -0.156. The molecule has 2 bridgehead atoms. The highest BCUT2D eigenvalue weighted by Gasteiger charge is 2.77. The molecule has 41 heavy (non-hydrogen) atoms. The fourth-order valence-corrected chi connectivity index (χ4v) is 7.72. The molecule has 1 spiro atoms. The van der Waals surface area contributed by atoms with Gasteiger partial charge in [0.25, 0.3) is 0 Å². The number of carbonyl (C=O) groups excluding carboxylic acids is 3. The van der Waals surface area contributed by atoms with Crippen LogP contribution in [0.15, 0.2) is 55.6 Å². The quantitative estimate of drug-likeness (QED) is 0.128. The fraction of sp³-hybridized carbons (Fsp3) is 0.594. The number of esters is 1. The van der Waals surface area contributed by atoms with Crippen LogP contribution in [0.5, 0.6) is 0 Å². The van der Waals surface area contributed by atoms with Crippen LogP contribution in [0.2, 0.25) is 0 Å². The number of hydrogen-bond donors (Lipinski definition) is 1. The van der Waals surface area contributed by atoms with Gasteiger partial charge >= 0.3 is 5.97 Å². The lowest BCUT2D eigenvalue weighted by atomic mass is 9.70. The first-order chi connectivity index (χ1) is 19.8. The zero-order valence-corrected chi connectivity index (χ0v) is 25.5. The van der Waals surface area contributed by atoms with Gasteiger partial charge < -0.3 is 24.4 Å². The molecule has 9 heteroatoms. The Balaban J connectivity index is 1.71. The van der Waals surface area contributed by atoms with E-state index in [1.165, 1.54) is 4.90 Å². The molecule has 0 aromatic heterocycles. The van der Waals surface area contributed by atoms with E-state index in [1.807, 2.05) is 36.4 Å². The van der Waals surface area contributed by atoms with Gasteiger partial charge in [0.2, 0.25) is 11.8 Å². The van der Waals surface area contributed by atoms with E-state index < -0.39 is 41.6 Å². The molecular weight excluding hydrogens is 588 g/mol. The Morgan fingerprint density at radius 3 is 2.66 bits per heavy atom. The minimum atomic E-state index is -1.20. The first kappa shape index (κ1) is 31.4. The second-order valence-electron chi connectivity index (χ2n) is 11.3. The average Bonchev–Trinajstić information content (AvgIpc) is 3.57. The molecule has 3 saturated heterocycles. The summed E-state index contributed by atoms with van der Waals surface area (Å²) < 4.78 is 12.3. The number of aliphatic hydroxyl groups is 1. The summed E-state index contributed by atoms with van der Waals surface area (Å²) in [5.41, 5.74) is -0.261. The van der Waals surface area contributed by atoms with Crippen LogP contribution in [0.1, 0.15) is 51.0 Å². The molecule has 0 radical (unpaired) electrons. The number of carbonyl (C=O) groups is 3. The maximum absolute atomic E-state index is 14.4. The van der Waals surface area contributed by atoms with Crippen LogP contribution in [-0.2, 0) is 30.3 Å². The van der Waals surface area contributed by atoms with E-state index >= 15 is 0 Å². The van der Waals surface area contributed by atoms with E-state index in [0.29, 0.717) is 32.4 Å². The van der Waals surface area contributed by atoms with Crippen molar-refractivity contribution in [2.75, 3.05) is 26.3 Å². The Hall–Kier alpha value is -2.49. The summed E-state index contributed by atoms with van der Waals surface area (Å²) in [5.74, 6) is -2.73. The molecule has 0 saturated carbocycles. The zero-order valence-electron chi connectivity index (χ0n) is 24.0. The third-order valence-electron chi connectivity index (χ3n) is 8.64. The molecule has 3 aliphatic heterocycles. The number of benzene rings is 1. The molecule has 224 valence electrons. The number of amides is 2. The summed E-state index contributed by atoms with van der Waals surface area (Å²) in [6.45, 7) is 10.4. The molecule has 7 atom stereocenters. The van der Waals surface area contributed by atoms with Crippen molar-refractivity contribution < 1.29 is 29.0 Å². The predicted octanol–water partition coefficient (Wildman–Crippen LogP) is 4.05. The molecule has 4 rings (SSSR count). The first-order valence-electron chi connectivity index (χ1n) is 14.8. The van der Waals surface area contributed by atoms with Gasteiger partial charge in [-0.1, -0.05) is 71.8 Å². The van der Waals surface area contributed by atoms with Crippen molar-refractivity contribution in [1.29, 1.82) is 0 Å². The molecule has 1 aromatic carbocycles. The Bertz CT molecular complexity index is 1100. The van der Waals surface area contributed by atoms with Crippen molar-refractivity contribution in [1.82, 2.24) is 9.80 Å². The van der Waals surface area contributed by atoms with E-state index in [2.05, 4.69) is 36.0 Å². The number of unbranched alkanes of at least 4 members (excludes halogenated alkanes) is 3. The van der Waals surface area contributed by atoms with Crippen LogP contribution >= 0.6 is 15.9 Å². The van der Waals surface area contributed by atoms with Crippen molar-refractivity contribution in [2.24, 2.45) is 11.8 Å². The van der Waals surface area contributed by atoms with Crippen LogP contribution in [0.4, 0.5) is 0 Å². The molecule has 1 N–H and O–H groups in total. The summed E-state index contributed by atoms with van der Waals surface area (Å²) in [5, 5.41) is 10.6. The third-order valence-corrected chi connectivity index (χ3v) is 9.49. The van der Waals surface area contributed by atoms with Crippen molar-refractivity contribution >= 4 is 33.7 Å². The third kappa shape index (κ3) is 6.18. The molecule has 8 nitrogen and oxygen atoms in total. The summed E-state index contributed by atoms with van der Waals surface area (Å²) in [6.07, 6.45) is 7.80. The Kier molecular flexibility index (Phi) is 10.8. The Labute approximate surface area is 251 Å². The fourth-order valence-electron chi connectivity index (χ4n) is 6.78. The number of aliphatic hydroxyl groups excluding tert-OH is 1. The summed E-state index contributed by atoms with van der Waals surface area (Å²) in [6, 6.07) is 7.95.